The van der Waals surface area contributed by atoms with Crippen LogP contribution in [0.4, 0.5) is 0 Å². The number of ether oxygens (including phenoxy) is 2. The van der Waals surface area contributed by atoms with Crippen LogP contribution in [-0.4, -0.2) is 19.3 Å². The summed E-state index contributed by atoms with van der Waals surface area (Å²) in [5, 5.41) is 12.5. The van der Waals surface area contributed by atoms with Crippen LogP contribution in [0.25, 0.3) is 0 Å². The molecule has 0 fully saturated rings. The summed E-state index contributed by atoms with van der Waals surface area (Å²) in [5.74, 6) is 1.39. The minimum Gasteiger partial charge on any atom is -0.496 e. The predicted molar refractivity (Wildman–Crippen MR) is 103 cm³/mol. The zero-order valence-corrected chi connectivity index (χ0v) is 16.8. The largest absolute Gasteiger partial charge is 0.496 e. The molecule has 2 rings (SSSR count). The van der Waals surface area contributed by atoms with Gasteiger partial charge in [-0.05, 0) is 55.5 Å². The van der Waals surface area contributed by atoms with E-state index in [9.17, 15) is 5.11 Å². The maximum absolute atomic E-state index is 11.9. The Bertz CT molecular complexity index is 766. The second kappa shape index (κ2) is 7.27. The Morgan fingerprint density at radius 3 is 1.80 bits per heavy atom. The van der Waals surface area contributed by atoms with Crippen LogP contribution in [0.1, 0.15) is 41.7 Å². The average molecular weight is 363 g/mol. The van der Waals surface area contributed by atoms with Gasteiger partial charge in [-0.3, -0.25) is 0 Å². The summed E-state index contributed by atoms with van der Waals surface area (Å²) < 4.78 is 11.4. The Morgan fingerprint density at radius 1 is 0.880 bits per heavy atom. The van der Waals surface area contributed by atoms with Gasteiger partial charge in [-0.15, -0.1) is 0 Å². The van der Waals surface area contributed by atoms with Gasteiger partial charge in [0.1, 0.15) is 17.1 Å². The number of hydrogen-bond donors (Lipinski definition) is 1. The first kappa shape index (κ1) is 19.6. The highest BCUT2D eigenvalue weighted by atomic mass is 35.5. The maximum atomic E-state index is 11.9. The van der Waals surface area contributed by atoms with Crippen molar-refractivity contribution in [2.45, 2.75) is 40.2 Å². The monoisotopic (exact) mass is 362 g/mol. The second-order valence-corrected chi connectivity index (χ2v) is 7.18. The van der Waals surface area contributed by atoms with Crippen LogP contribution < -0.4 is 9.47 Å². The summed E-state index contributed by atoms with van der Waals surface area (Å²) in [4.78, 5) is 0. The molecule has 25 heavy (non-hydrogen) atoms. The number of methoxy groups -OCH3 is 2. The normalized spacial score (nSPS) is 13.7. The molecule has 0 aromatic heterocycles. The fourth-order valence-corrected chi connectivity index (χ4v) is 3.71. The molecule has 0 aliphatic heterocycles. The zero-order valence-electron chi connectivity index (χ0n) is 16.0. The van der Waals surface area contributed by atoms with Gasteiger partial charge in [0, 0.05) is 16.1 Å². The van der Waals surface area contributed by atoms with Crippen molar-refractivity contribution in [3.05, 3.63) is 57.1 Å². The summed E-state index contributed by atoms with van der Waals surface area (Å²) in [6.07, 6.45) is 0. The van der Waals surface area contributed by atoms with Crippen LogP contribution in [0.5, 0.6) is 11.5 Å². The quantitative estimate of drug-likeness (QED) is 0.797. The second-order valence-electron chi connectivity index (χ2n) is 6.74. The third kappa shape index (κ3) is 3.11. The van der Waals surface area contributed by atoms with E-state index in [-0.39, 0.29) is 5.92 Å². The lowest BCUT2D eigenvalue weighted by atomic mass is 9.74. The van der Waals surface area contributed by atoms with Crippen LogP contribution in [0.3, 0.4) is 0 Å². The van der Waals surface area contributed by atoms with E-state index < -0.39 is 5.60 Å². The van der Waals surface area contributed by atoms with Crippen LogP contribution >= 0.6 is 11.6 Å². The van der Waals surface area contributed by atoms with Crippen molar-refractivity contribution in [1.82, 2.24) is 0 Å². The molecule has 1 N–H and O–H groups in total. The fraction of sp³-hybridized carbons (Fsp3) is 0.429. The predicted octanol–water partition coefficient (Wildman–Crippen LogP) is 5.17. The summed E-state index contributed by atoms with van der Waals surface area (Å²) >= 11 is 6.04. The number of hydrogen-bond acceptors (Lipinski definition) is 3. The van der Waals surface area contributed by atoms with E-state index in [4.69, 9.17) is 21.1 Å². The van der Waals surface area contributed by atoms with E-state index in [2.05, 4.69) is 0 Å². The van der Waals surface area contributed by atoms with Gasteiger partial charge in [0.05, 0.1) is 14.2 Å². The lowest BCUT2D eigenvalue weighted by molar-refractivity contribution is 0.0285. The van der Waals surface area contributed by atoms with Gasteiger partial charge in [0.2, 0.25) is 0 Å². The van der Waals surface area contributed by atoms with Crippen LogP contribution in [0.15, 0.2) is 24.3 Å². The standard InChI is InChI=1S/C21H27ClO3/c1-12(2)21(23,16-8-10-17(22)11-9-16)18-15(5)19(24-6)13(3)14(4)20(18)25-7/h8-12,23H,1-7H3. The number of aliphatic hydroxyl groups is 1. The highest BCUT2D eigenvalue weighted by Gasteiger charge is 2.41. The molecule has 3 nitrogen and oxygen atoms in total. The van der Waals surface area contributed by atoms with E-state index in [0.29, 0.717) is 10.8 Å². The Labute approximate surface area is 155 Å². The van der Waals surface area contributed by atoms with E-state index in [1.807, 2.05) is 46.8 Å². The molecule has 0 saturated carbocycles. The van der Waals surface area contributed by atoms with Gasteiger partial charge in [-0.1, -0.05) is 37.6 Å². The van der Waals surface area contributed by atoms with Crippen molar-refractivity contribution >= 4 is 11.6 Å². The highest BCUT2D eigenvalue weighted by Crippen LogP contribution is 2.48. The lowest BCUT2D eigenvalue weighted by Gasteiger charge is -2.37. The number of benzene rings is 2. The molecular weight excluding hydrogens is 336 g/mol. The first-order chi connectivity index (χ1) is 11.7. The first-order valence-electron chi connectivity index (χ1n) is 8.40. The molecule has 4 heteroatoms. The van der Waals surface area contributed by atoms with Gasteiger partial charge >= 0.3 is 0 Å². The molecule has 2 aromatic rings. The third-order valence-electron chi connectivity index (χ3n) is 5.10. The van der Waals surface area contributed by atoms with Crippen LogP contribution in [0.2, 0.25) is 5.02 Å². The van der Waals surface area contributed by atoms with Gasteiger partial charge in [0.15, 0.2) is 0 Å². The molecule has 0 amide bonds. The molecule has 0 radical (unpaired) electrons. The number of rotatable bonds is 5. The highest BCUT2D eigenvalue weighted by molar-refractivity contribution is 6.30. The smallest absolute Gasteiger partial charge is 0.129 e. The average Bonchev–Trinajstić information content (AvgIpc) is 2.58. The minimum atomic E-state index is -1.23. The van der Waals surface area contributed by atoms with Gasteiger partial charge in [-0.25, -0.2) is 0 Å². The van der Waals surface area contributed by atoms with Gasteiger partial charge in [0.25, 0.3) is 0 Å². The first-order valence-corrected chi connectivity index (χ1v) is 8.78. The minimum absolute atomic E-state index is 0.0897. The van der Waals surface area contributed by atoms with Crippen molar-refractivity contribution in [2.75, 3.05) is 14.2 Å². The Hall–Kier alpha value is -1.71. The molecule has 0 spiro atoms. The van der Waals surface area contributed by atoms with Crippen LogP contribution in [0, 0.1) is 26.7 Å². The van der Waals surface area contributed by atoms with E-state index in [1.54, 1.807) is 26.4 Å². The molecule has 2 aromatic carbocycles. The molecule has 136 valence electrons. The molecule has 0 saturated heterocycles. The summed E-state index contributed by atoms with van der Waals surface area (Å²) in [6, 6.07) is 7.32. The lowest BCUT2D eigenvalue weighted by Crippen LogP contribution is -2.35. The zero-order chi connectivity index (χ0) is 18.9. The molecule has 0 aliphatic rings. The van der Waals surface area contributed by atoms with Crippen molar-refractivity contribution in [2.24, 2.45) is 5.92 Å². The summed E-state index contributed by atoms with van der Waals surface area (Å²) in [5.41, 5.74) is 3.15. The summed E-state index contributed by atoms with van der Waals surface area (Å²) in [7, 11) is 3.29. The van der Waals surface area contributed by atoms with E-state index in [0.717, 1.165) is 33.6 Å². The maximum Gasteiger partial charge on any atom is 0.129 e. The van der Waals surface area contributed by atoms with Crippen molar-refractivity contribution < 1.29 is 14.6 Å². The molecule has 0 bridgehead atoms. The van der Waals surface area contributed by atoms with Crippen LogP contribution in [-0.2, 0) is 5.60 Å². The van der Waals surface area contributed by atoms with Gasteiger partial charge < -0.3 is 14.6 Å². The molecule has 0 aliphatic carbocycles. The van der Waals surface area contributed by atoms with E-state index in [1.165, 1.54) is 0 Å². The molecule has 1 atom stereocenters. The number of halogens is 1. The Morgan fingerprint density at radius 2 is 1.36 bits per heavy atom. The molecule has 1 unspecified atom stereocenters. The molecule has 0 heterocycles. The Kier molecular flexibility index (Phi) is 5.70. The van der Waals surface area contributed by atoms with E-state index >= 15 is 0 Å². The third-order valence-corrected chi connectivity index (χ3v) is 5.35. The Balaban J connectivity index is 2.92. The topological polar surface area (TPSA) is 38.7 Å². The van der Waals surface area contributed by atoms with Crippen molar-refractivity contribution in [3.8, 4) is 11.5 Å². The SMILES string of the molecule is COc1c(C)c(C)c(OC)c(C(O)(c2ccc(Cl)cc2)C(C)C)c1C. The van der Waals surface area contributed by atoms with Crippen molar-refractivity contribution in [3.63, 3.8) is 0 Å². The molecular formula is C21H27ClO3. The summed E-state index contributed by atoms with van der Waals surface area (Å²) in [6.45, 7) is 9.95. The van der Waals surface area contributed by atoms with Gasteiger partial charge in [-0.2, -0.15) is 0 Å². The van der Waals surface area contributed by atoms with Crippen molar-refractivity contribution in [1.29, 1.82) is 0 Å². The fourth-order valence-electron chi connectivity index (χ4n) is 3.58.